The number of rotatable bonds is 8. The Balaban J connectivity index is 0.00000363. The van der Waals surface area contributed by atoms with Gasteiger partial charge in [0.1, 0.15) is 25.9 Å². The molecule has 1 heterocycles. The number of hydrazine groups is 1. The van der Waals surface area contributed by atoms with E-state index in [1.165, 1.54) is 24.3 Å². The Bertz CT molecular complexity index is 1360. The van der Waals surface area contributed by atoms with Crippen molar-refractivity contribution in [1.29, 1.82) is 0 Å². The average Bonchev–Trinajstić information content (AvgIpc) is 3.01. The Morgan fingerprint density at radius 2 is 1.29 bits per heavy atom. The molecule has 0 unspecified atom stereocenters. The molecule has 3 N–H and O–H groups in total. The van der Waals surface area contributed by atoms with Gasteiger partial charge in [-0.25, -0.2) is 21.5 Å². The maximum atomic E-state index is 12.7. The second kappa shape index (κ2) is 13.9. The second-order valence-electron chi connectivity index (χ2n) is 6.04. The van der Waals surface area contributed by atoms with Crippen molar-refractivity contribution in [2.24, 2.45) is 0 Å². The van der Waals surface area contributed by atoms with E-state index in [1.54, 1.807) is 0 Å². The number of hydrogen-bond acceptors (Lipinski definition) is 11. The van der Waals surface area contributed by atoms with E-state index in [4.69, 9.17) is 0 Å². The summed E-state index contributed by atoms with van der Waals surface area (Å²) >= 11 is 0. The molecule has 0 aliphatic carbocycles. The largest absolute Gasteiger partial charge is 1.00 e. The van der Waals surface area contributed by atoms with Gasteiger partial charge < -0.3 is 24.7 Å². The van der Waals surface area contributed by atoms with Crippen molar-refractivity contribution in [1.82, 2.24) is 9.78 Å². The predicted molar refractivity (Wildman–Crippen MR) is 101 cm³/mol. The predicted octanol–water partition coefficient (Wildman–Crippen LogP) is -9.78. The summed E-state index contributed by atoms with van der Waals surface area (Å²) in [5, 5.41) is 13.2. The molecule has 0 spiro atoms. The van der Waals surface area contributed by atoms with Gasteiger partial charge in [-0.1, -0.05) is 0 Å². The molecule has 0 aliphatic rings. The van der Waals surface area contributed by atoms with Crippen LogP contribution in [0.15, 0.2) is 63.1 Å². The number of anilines is 2. The van der Waals surface area contributed by atoms with Crippen LogP contribution in [0.3, 0.4) is 0 Å². The number of nitrogens with zero attached hydrogens (tertiary/aromatic N) is 1. The van der Waals surface area contributed by atoms with Gasteiger partial charge in [0, 0.05) is 0 Å². The van der Waals surface area contributed by atoms with Crippen LogP contribution in [-0.4, -0.2) is 35.7 Å². The zero-order chi connectivity index (χ0) is 22.8. The van der Waals surface area contributed by atoms with Gasteiger partial charge in [-0.2, -0.15) is 0 Å². The van der Waals surface area contributed by atoms with E-state index >= 15 is 0 Å². The number of aromatic amines is 1. The molecule has 13 nitrogen and oxygen atoms in total. The number of aromatic nitrogens is 2. The van der Waals surface area contributed by atoms with Gasteiger partial charge in [-0.05, 0) is 48.5 Å². The monoisotopic (exact) mass is 538 g/mol. The maximum Gasteiger partial charge on any atom is 1.00 e. The third-order valence-corrected chi connectivity index (χ3v) is 5.73. The zero-order valence-electron chi connectivity index (χ0n) is 18.3. The minimum Gasteiger partial charge on any atom is -0.744 e. The Kier molecular flexibility index (Phi) is 13.8. The molecule has 2 aromatic carbocycles. The summed E-state index contributed by atoms with van der Waals surface area (Å²) < 4.78 is 67.0. The topological polar surface area (TPSA) is 209 Å². The quantitative estimate of drug-likeness (QED) is 0.106. The van der Waals surface area contributed by atoms with Crippen LogP contribution in [0.1, 0.15) is 5.69 Å². The van der Waals surface area contributed by atoms with E-state index < -0.39 is 42.2 Å². The third-order valence-electron chi connectivity index (χ3n) is 4.03. The molecular formula is C16H13N4Na3O9S2. The maximum absolute atomic E-state index is 12.7. The molecule has 0 amide bonds. The zero-order valence-corrected chi connectivity index (χ0v) is 25.9. The van der Waals surface area contributed by atoms with Crippen molar-refractivity contribution < 1.29 is 125 Å². The summed E-state index contributed by atoms with van der Waals surface area (Å²) in [7, 11) is -9.28. The fourth-order valence-electron chi connectivity index (χ4n) is 2.56. The molecule has 34 heavy (non-hydrogen) atoms. The van der Waals surface area contributed by atoms with Crippen molar-refractivity contribution in [3.63, 3.8) is 0 Å². The molecule has 0 fully saturated rings. The van der Waals surface area contributed by atoms with Crippen LogP contribution in [0.25, 0.3) is 5.69 Å². The van der Waals surface area contributed by atoms with Gasteiger partial charge in [0.2, 0.25) is 0 Å². The molecule has 0 saturated carbocycles. The summed E-state index contributed by atoms with van der Waals surface area (Å²) in [6.45, 7) is -0.535. The SMILES string of the molecule is O=c1c(NNc2ccc(S(=O)(=O)[O-])cc2)c(CO[O-])[nH]n1-c1ccc(S(=O)(=O)[O-])cc1.[Na+].[Na+].[Na+]. The van der Waals surface area contributed by atoms with Crippen molar-refractivity contribution in [3.05, 3.63) is 64.6 Å². The van der Waals surface area contributed by atoms with Crippen LogP contribution in [0.5, 0.6) is 0 Å². The number of nitrogens with one attached hydrogen (secondary N) is 3. The van der Waals surface area contributed by atoms with Crippen molar-refractivity contribution in [3.8, 4) is 5.69 Å². The van der Waals surface area contributed by atoms with E-state index in [9.17, 15) is 36.0 Å². The molecular weight excluding hydrogens is 525 g/mol. The third kappa shape index (κ3) is 8.43. The first-order chi connectivity index (χ1) is 14.5. The van der Waals surface area contributed by atoms with E-state index in [1.807, 2.05) is 0 Å². The summed E-state index contributed by atoms with van der Waals surface area (Å²) in [5.74, 6) is 0. The second-order valence-corrected chi connectivity index (χ2v) is 8.80. The molecule has 1 aromatic heterocycles. The van der Waals surface area contributed by atoms with E-state index in [0.717, 1.165) is 28.9 Å². The minimum atomic E-state index is -4.66. The number of hydrogen-bond donors (Lipinski definition) is 3. The fraction of sp³-hybridized carbons (Fsp3) is 0.0625. The molecule has 3 aromatic rings. The molecule has 166 valence electrons. The van der Waals surface area contributed by atoms with Gasteiger partial charge in [0.25, 0.3) is 5.56 Å². The van der Waals surface area contributed by atoms with Crippen molar-refractivity contribution in [2.45, 2.75) is 16.4 Å². The van der Waals surface area contributed by atoms with Crippen LogP contribution in [0, 0.1) is 0 Å². The van der Waals surface area contributed by atoms with E-state index in [-0.39, 0.29) is 106 Å². The summed E-state index contributed by atoms with van der Waals surface area (Å²) in [6.07, 6.45) is 0. The minimum absolute atomic E-state index is 0. The first kappa shape index (κ1) is 33.8. The number of H-pyrrole nitrogens is 1. The molecule has 0 atom stereocenters. The first-order valence-electron chi connectivity index (χ1n) is 8.23. The van der Waals surface area contributed by atoms with Gasteiger partial charge >= 0.3 is 88.7 Å². The van der Waals surface area contributed by atoms with Crippen molar-refractivity contribution >= 4 is 31.6 Å². The van der Waals surface area contributed by atoms with E-state index in [0.29, 0.717) is 5.69 Å². The average molecular weight is 538 g/mol. The van der Waals surface area contributed by atoms with Crippen LogP contribution in [0.4, 0.5) is 11.4 Å². The molecule has 0 aliphatic heterocycles. The molecule has 18 heteroatoms. The van der Waals surface area contributed by atoms with Gasteiger partial charge in [0.05, 0.1) is 33.5 Å². The number of benzene rings is 2. The standard InChI is InChI=1S/C16H16N4O9S2.3Na/c21-16-15(18-17-10-1-5-12(6-2-10)30(23,24)25)14(9-29-22)19-20(16)11-3-7-13(8-4-11)31(26,27)28;;;/h1-8,17-19,22H,9H2,(H,23,24,25)(H,26,27,28);;;/q;3*+1/p-3. The Morgan fingerprint density at radius 1 is 0.824 bits per heavy atom. The summed E-state index contributed by atoms with van der Waals surface area (Å²) in [4.78, 5) is 15.6. The van der Waals surface area contributed by atoms with Crippen LogP contribution in [-0.2, 0) is 31.7 Å². The molecule has 0 radical (unpaired) electrons. The van der Waals surface area contributed by atoms with Gasteiger partial charge in [-0.3, -0.25) is 15.3 Å². The van der Waals surface area contributed by atoms with Crippen molar-refractivity contribution in [2.75, 3.05) is 10.9 Å². The normalized spacial score (nSPS) is 10.9. The summed E-state index contributed by atoms with van der Waals surface area (Å²) in [6, 6.07) is 9.14. The molecule has 0 bridgehead atoms. The molecule has 0 saturated heterocycles. The fourth-order valence-corrected chi connectivity index (χ4v) is 3.50. The Labute approximate surface area is 260 Å². The molecule has 3 rings (SSSR count). The van der Waals surface area contributed by atoms with Gasteiger partial charge in [-0.15, -0.1) is 0 Å². The van der Waals surface area contributed by atoms with E-state index in [2.05, 4.69) is 20.8 Å². The Morgan fingerprint density at radius 3 is 1.74 bits per heavy atom. The van der Waals surface area contributed by atoms with Crippen LogP contribution in [0.2, 0.25) is 0 Å². The van der Waals surface area contributed by atoms with Crippen LogP contribution >= 0.6 is 0 Å². The van der Waals surface area contributed by atoms with Gasteiger partial charge in [0.15, 0.2) is 0 Å². The first-order valence-corrected chi connectivity index (χ1v) is 11.1. The smallest absolute Gasteiger partial charge is 0.744 e. The summed E-state index contributed by atoms with van der Waals surface area (Å²) in [5.41, 5.74) is 4.86. The Hall–Kier alpha value is -0.210. The van der Waals surface area contributed by atoms with Crippen LogP contribution < -0.4 is 110 Å².